The van der Waals surface area contributed by atoms with E-state index < -0.39 is 0 Å². The zero-order chi connectivity index (χ0) is 14.2. The summed E-state index contributed by atoms with van der Waals surface area (Å²) in [5.41, 5.74) is 1.99. The van der Waals surface area contributed by atoms with Gasteiger partial charge in [-0.05, 0) is 30.5 Å². The first-order chi connectivity index (χ1) is 9.81. The second kappa shape index (κ2) is 8.02. The van der Waals surface area contributed by atoms with Crippen molar-refractivity contribution in [1.82, 2.24) is 0 Å². The molecular weight excluding hydrogens is 256 g/mol. The Bertz CT molecular complexity index is 442. The first kappa shape index (κ1) is 15.0. The summed E-state index contributed by atoms with van der Waals surface area (Å²) in [6.45, 7) is 2.49. The van der Waals surface area contributed by atoms with Crippen LogP contribution in [0.3, 0.4) is 0 Å². The number of fused-ring (bicyclic) bond motifs is 1. The minimum atomic E-state index is 0.236. The maximum absolute atomic E-state index is 11.8. The maximum Gasteiger partial charge on any atom is 0.163 e. The molecule has 1 aliphatic rings. The molecule has 0 bridgehead atoms. The standard InChI is InChI=1S/C16H22O4/c1-18-10-11-19-8-3-9-20-14-7-6-13-4-2-5-16(17)15(13)12-14/h6-7,12H,2-5,8-11H2,1H3. The van der Waals surface area contributed by atoms with Gasteiger partial charge in [0.1, 0.15) is 5.75 Å². The van der Waals surface area contributed by atoms with Crippen molar-refractivity contribution < 1.29 is 19.0 Å². The number of carbonyl (C=O) groups is 1. The Morgan fingerprint density at radius 1 is 1.10 bits per heavy atom. The average Bonchev–Trinajstić information content (AvgIpc) is 2.47. The van der Waals surface area contributed by atoms with E-state index in [0.29, 0.717) is 32.8 Å². The number of ketones is 1. The highest BCUT2D eigenvalue weighted by Gasteiger charge is 2.17. The smallest absolute Gasteiger partial charge is 0.163 e. The highest BCUT2D eigenvalue weighted by Crippen LogP contribution is 2.25. The van der Waals surface area contributed by atoms with Gasteiger partial charge in [-0.2, -0.15) is 0 Å². The number of benzene rings is 1. The van der Waals surface area contributed by atoms with Crippen molar-refractivity contribution >= 4 is 5.78 Å². The van der Waals surface area contributed by atoms with E-state index in [2.05, 4.69) is 0 Å². The Labute approximate surface area is 120 Å². The summed E-state index contributed by atoms with van der Waals surface area (Å²) in [6, 6.07) is 5.84. The molecule has 0 unspecified atom stereocenters. The maximum atomic E-state index is 11.8. The molecule has 1 aromatic rings. The minimum Gasteiger partial charge on any atom is -0.493 e. The van der Waals surface area contributed by atoms with E-state index in [-0.39, 0.29) is 5.78 Å². The molecule has 1 aromatic carbocycles. The summed E-state index contributed by atoms with van der Waals surface area (Å²) in [6.07, 6.45) is 3.44. The number of Topliss-reactive ketones (excluding diaryl/α,β-unsaturated/α-hetero) is 1. The van der Waals surface area contributed by atoms with Gasteiger partial charge >= 0.3 is 0 Å². The van der Waals surface area contributed by atoms with Gasteiger partial charge in [-0.25, -0.2) is 0 Å². The van der Waals surface area contributed by atoms with Crippen molar-refractivity contribution in [2.24, 2.45) is 0 Å². The fourth-order valence-electron chi connectivity index (χ4n) is 2.29. The highest BCUT2D eigenvalue weighted by atomic mass is 16.5. The van der Waals surface area contributed by atoms with Crippen LogP contribution in [0.25, 0.3) is 0 Å². The predicted octanol–water partition coefficient (Wildman–Crippen LogP) is 2.64. The third kappa shape index (κ3) is 4.32. The van der Waals surface area contributed by atoms with Crippen molar-refractivity contribution in [3.05, 3.63) is 29.3 Å². The van der Waals surface area contributed by atoms with Crippen molar-refractivity contribution in [3.8, 4) is 5.75 Å². The van der Waals surface area contributed by atoms with Gasteiger partial charge in [-0.3, -0.25) is 4.79 Å². The van der Waals surface area contributed by atoms with Gasteiger partial charge in [0.05, 0.1) is 19.8 Å². The average molecular weight is 278 g/mol. The summed E-state index contributed by atoms with van der Waals surface area (Å²) in [5.74, 6) is 1.01. The van der Waals surface area contributed by atoms with Crippen LogP contribution in [0.5, 0.6) is 5.75 Å². The molecule has 0 amide bonds. The molecule has 0 atom stereocenters. The van der Waals surface area contributed by atoms with Crippen LogP contribution in [-0.2, 0) is 15.9 Å². The third-order valence-electron chi connectivity index (χ3n) is 3.37. The Balaban J connectivity index is 1.74. The summed E-state index contributed by atoms with van der Waals surface area (Å²) in [5, 5.41) is 0. The van der Waals surface area contributed by atoms with Gasteiger partial charge < -0.3 is 14.2 Å². The number of methoxy groups -OCH3 is 1. The van der Waals surface area contributed by atoms with Crippen LogP contribution in [0.4, 0.5) is 0 Å². The normalized spacial score (nSPS) is 14.2. The Morgan fingerprint density at radius 2 is 2.00 bits per heavy atom. The van der Waals surface area contributed by atoms with Crippen LogP contribution in [0.2, 0.25) is 0 Å². The van der Waals surface area contributed by atoms with Gasteiger partial charge in [0.2, 0.25) is 0 Å². The SMILES string of the molecule is COCCOCCCOc1ccc2c(c1)C(=O)CCC2. The summed E-state index contributed by atoms with van der Waals surface area (Å²) in [4.78, 5) is 11.8. The molecule has 1 aliphatic carbocycles. The molecule has 0 spiro atoms. The van der Waals surface area contributed by atoms with Crippen molar-refractivity contribution in [2.45, 2.75) is 25.7 Å². The molecule has 4 heteroatoms. The van der Waals surface area contributed by atoms with E-state index in [4.69, 9.17) is 14.2 Å². The second-order valence-electron chi connectivity index (χ2n) is 4.90. The van der Waals surface area contributed by atoms with Crippen LogP contribution in [0.15, 0.2) is 18.2 Å². The lowest BCUT2D eigenvalue weighted by molar-refractivity contribution is 0.0644. The van der Waals surface area contributed by atoms with E-state index in [1.807, 2.05) is 18.2 Å². The topological polar surface area (TPSA) is 44.8 Å². The minimum absolute atomic E-state index is 0.236. The molecule has 0 N–H and O–H groups in total. The van der Waals surface area contributed by atoms with Crippen molar-refractivity contribution in [2.75, 3.05) is 33.5 Å². The second-order valence-corrected chi connectivity index (χ2v) is 4.90. The van der Waals surface area contributed by atoms with Crippen LogP contribution in [-0.4, -0.2) is 39.3 Å². The Hall–Kier alpha value is -1.39. The van der Waals surface area contributed by atoms with E-state index in [9.17, 15) is 4.79 Å². The fourth-order valence-corrected chi connectivity index (χ4v) is 2.29. The van der Waals surface area contributed by atoms with Crippen LogP contribution < -0.4 is 4.74 Å². The molecule has 0 aliphatic heterocycles. The summed E-state index contributed by atoms with van der Waals surface area (Å²) >= 11 is 0. The molecule has 0 heterocycles. The molecule has 110 valence electrons. The molecule has 20 heavy (non-hydrogen) atoms. The molecule has 0 aromatic heterocycles. The van der Waals surface area contributed by atoms with E-state index >= 15 is 0 Å². The molecule has 0 saturated carbocycles. The molecular formula is C16H22O4. The van der Waals surface area contributed by atoms with Gasteiger partial charge in [0, 0.05) is 32.1 Å². The van der Waals surface area contributed by atoms with Crippen molar-refractivity contribution in [1.29, 1.82) is 0 Å². The third-order valence-corrected chi connectivity index (χ3v) is 3.37. The Morgan fingerprint density at radius 3 is 2.85 bits per heavy atom. The first-order valence-electron chi connectivity index (χ1n) is 7.17. The van der Waals surface area contributed by atoms with E-state index in [0.717, 1.165) is 36.1 Å². The van der Waals surface area contributed by atoms with Crippen LogP contribution in [0, 0.1) is 0 Å². The monoisotopic (exact) mass is 278 g/mol. The number of hydrogen-bond acceptors (Lipinski definition) is 4. The molecule has 2 rings (SSSR count). The summed E-state index contributed by atoms with van der Waals surface area (Å²) < 4.78 is 15.9. The van der Waals surface area contributed by atoms with Gasteiger partial charge in [0.15, 0.2) is 5.78 Å². The number of carbonyl (C=O) groups excluding carboxylic acids is 1. The lowest BCUT2D eigenvalue weighted by Gasteiger charge is -2.16. The highest BCUT2D eigenvalue weighted by molar-refractivity contribution is 5.98. The Kier molecular flexibility index (Phi) is 6.02. The largest absolute Gasteiger partial charge is 0.493 e. The zero-order valence-electron chi connectivity index (χ0n) is 12.0. The number of rotatable bonds is 8. The van der Waals surface area contributed by atoms with Gasteiger partial charge in [-0.1, -0.05) is 6.07 Å². The fraction of sp³-hybridized carbons (Fsp3) is 0.562. The van der Waals surface area contributed by atoms with Crippen LogP contribution >= 0.6 is 0 Å². The van der Waals surface area contributed by atoms with E-state index in [1.54, 1.807) is 7.11 Å². The molecule has 4 nitrogen and oxygen atoms in total. The quantitative estimate of drug-likeness (QED) is 0.686. The van der Waals surface area contributed by atoms with E-state index in [1.165, 1.54) is 0 Å². The number of hydrogen-bond donors (Lipinski definition) is 0. The number of ether oxygens (including phenoxy) is 3. The summed E-state index contributed by atoms with van der Waals surface area (Å²) in [7, 11) is 1.66. The lowest BCUT2D eigenvalue weighted by Crippen LogP contribution is -2.11. The molecule has 0 fully saturated rings. The van der Waals surface area contributed by atoms with Gasteiger partial charge in [0.25, 0.3) is 0 Å². The number of aryl methyl sites for hydroxylation is 1. The zero-order valence-corrected chi connectivity index (χ0v) is 12.0. The predicted molar refractivity (Wildman–Crippen MR) is 76.5 cm³/mol. The van der Waals surface area contributed by atoms with Crippen molar-refractivity contribution in [3.63, 3.8) is 0 Å². The first-order valence-corrected chi connectivity index (χ1v) is 7.17. The van der Waals surface area contributed by atoms with Crippen LogP contribution in [0.1, 0.15) is 35.2 Å². The molecule has 0 saturated heterocycles. The van der Waals surface area contributed by atoms with Gasteiger partial charge in [-0.15, -0.1) is 0 Å². The molecule has 0 radical (unpaired) electrons. The lowest BCUT2D eigenvalue weighted by atomic mass is 9.90.